The minimum absolute atomic E-state index is 0. The highest BCUT2D eigenvalue weighted by molar-refractivity contribution is 7.22. The summed E-state index contributed by atoms with van der Waals surface area (Å²) in [5.41, 5.74) is 6.82. The molecule has 1 saturated heterocycles. The molecule has 1 aromatic heterocycles. The third kappa shape index (κ3) is 2.39. The maximum atomic E-state index is 5.71. The summed E-state index contributed by atoms with van der Waals surface area (Å²) in [6.07, 6.45) is 1.20. The second kappa shape index (κ2) is 5.21. The van der Waals surface area contributed by atoms with Gasteiger partial charge in [-0.05, 0) is 31.0 Å². The van der Waals surface area contributed by atoms with Crippen LogP contribution in [0.15, 0.2) is 24.3 Å². The molecule has 1 aliphatic heterocycles. The van der Waals surface area contributed by atoms with E-state index in [0.29, 0.717) is 5.92 Å². The Bertz CT molecular complexity index is 466. The number of thiazole rings is 1. The number of fused-ring (bicyclic) bond motifs is 1. The number of nitrogens with two attached hydrogens (primary N) is 1. The zero-order valence-electron chi connectivity index (χ0n) is 9.50. The lowest BCUT2D eigenvalue weighted by Crippen LogP contribution is -2.22. The summed E-state index contributed by atoms with van der Waals surface area (Å²) in [7, 11) is 0. The van der Waals surface area contributed by atoms with Crippen LogP contribution in [0.4, 0.5) is 5.13 Å². The summed E-state index contributed by atoms with van der Waals surface area (Å²) in [4.78, 5) is 7.03. The molecule has 3 nitrogen and oxygen atoms in total. The van der Waals surface area contributed by atoms with E-state index in [9.17, 15) is 0 Å². The number of aromatic nitrogens is 1. The Kier molecular flexibility index (Phi) is 3.86. The second-order valence-electron chi connectivity index (χ2n) is 4.30. The predicted octanol–water partition coefficient (Wildman–Crippen LogP) is 2.50. The standard InChI is InChI=1S/C12H15N3S.ClH/c13-7-9-5-6-15(8-9)12-14-10-3-1-2-4-11(10)16-12;/h1-4,9H,5-8,13H2;1H. The van der Waals surface area contributed by atoms with Gasteiger partial charge in [0.05, 0.1) is 10.2 Å². The molecule has 17 heavy (non-hydrogen) atoms. The normalized spacial score (nSPS) is 19.6. The molecule has 2 aromatic rings. The van der Waals surface area contributed by atoms with E-state index >= 15 is 0 Å². The predicted molar refractivity (Wildman–Crippen MR) is 76.2 cm³/mol. The number of para-hydroxylation sites is 1. The molecule has 1 fully saturated rings. The van der Waals surface area contributed by atoms with Gasteiger partial charge in [0.1, 0.15) is 0 Å². The van der Waals surface area contributed by atoms with Crippen molar-refractivity contribution >= 4 is 39.1 Å². The van der Waals surface area contributed by atoms with Gasteiger partial charge in [-0.1, -0.05) is 23.5 Å². The first kappa shape index (κ1) is 12.6. The van der Waals surface area contributed by atoms with Gasteiger partial charge in [0, 0.05) is 13.1 Å². The van der Waals surface area contributed by atoms with E-state index in [1.165, 1.54) is 11.1 Å². The van der Waals surface area contributed by atoms with Crippen molar-refractivity contribution < 1.29 is 0 Å². The molecule has 3 rings (SSSR count). The molecule has 1 aliphatic rings. The zero-order valence-corrected chi connectivity index (χ0v) is 11.1. The van der Waals surface area contributed by atoms with E-state index in [1.54, 1.807) is 11.3 Å². The van der Waals surface area contributed by atoms with Gasteiger partial charge in [-0.3, -0.25) is 0 Å². The molecule has 5 heteroatoms. The summed E-state index contributed by atoms with van der Waals surface area (Å²) >= 11 is 1.78. The van der Waals surface area contributed by atoms with Crippen molar-refractivity contribution in [3.63, 3.8) is 0 Å². The number of hydrogen-bond acceptors (Lipinski definition) is 4. The topological polar surface area (TPSA) is 42.1 Å². The minimum atomic E-state index is 0. The number of hydrogen-bond donors (Lipinski definition) is 1. The van der Waals surface area contributed by atoms with Crippen LogP contribution in [0.25, 0.3) is 10.2 Å². The molecule has 2 N–H and O–H groups in total. The van der Waals surface area contributed by atoms with E-state index in [-0.39, 0.29) is 12.4 Å². The summed E-state index contributed by atoms with van der Waals surface area (Å²) in [5, 5.41) is 1.15. The van der Waals surface area contributed by atoms with Gasteiger partial charge in [-0.2, -0.15) is 0 Å². The van der Waals surface area contributed by atoms with Crippen molar-refractivity contribution in [3.8, 4) is 0 Å². The Hall–Kier alpha value is -0.840. The fourth-order valence-electron chi connectivity index (χ4n) is 2.19. The van der Waals surface area contributed by atoms with Crippen molar-refractivity contribution in [2.75, 3.05) is 24.5 Å². The van der Waals surface area contributed by atoms with Crippen LogP contribution in [0, 0.1) is 5.92 Å². The summed E-state index contributed by atoms with van der Waals surface area (Å²) < 4.78 is 1.27. The second-order valence-corrected chi connectivity index (χ2v) is 5.31. The molecule has 1 unspecified atom stereocenters. The van der Waals surface area contributed by atoms with Gasteiger partial charge in [0.15, 0.2) is 5.13 Å². The van der Waals surface area contributed by atoms with E-state index < -0.39 is 0 Å². The molecule has 0 bridgehead atoms. The molecular formula is C12H16ClN3S. The van der Waals surface area contributed by atoms with Gasteiger partial charge < -0.3 is 10.6 Å². The molecular weight excluding hydrogens is 254 g/mol. The summed E-state index contributed by atoms with van der Waals surface area (Å²) in [6.45, 7) is 2.96. The largest absolute Gasteiger partial charge is 0.348 e. The number of nitrogens with zero attached hydrogens (tertiary/aromatic N) is 2. The van der Waals surface area contributed by atoms with Gasteiger partial charge in [-0.25, -0.2) is 4.98 Å². The fourth-order valence-corrected chi connectivity index (χ4v) is 3.19. The van der Waals surface area contributed by atoms with Crippen LogP contribution in [-0.2, 0) is 0 Å². The van der Waals surface area contributed by atoms with Crippen molar-refractivity contribution in [1.29, 1.82) is 0 Å². The number of anilines is 1. The zero-order chi connectivity index (χ0) is 11.0. The molecule has 0 saturated carbocycles. The Morgan fingerprint density at radius 3 is 2.94 bits per heavy atom. The quantitative estimate of drug-likeness (QED) is 0.911. The van der Waals surface area contributed by atoms with Crippen LogP contribution in [0.5, 0.6) is 0 Å². The molecule has 0 aliphatic carbocycles. The van der Waals surface area contributed by atoms with Crippen molar-refractivity contribution in [1.82, 2.24) is 4.98 Å². The lowest BCUT2D eigenvalue weighted by Gasteiger charge is -2.13. The van der Waals surface area contributed by atoms with Crippen LogP contribution in [-0.4, -0.2) is 24.6 Å². The van der Waals surface area contributed by atoms with E-state index in [4.69, 9.17) is 5.73 Å². The lowest BCUT2D eigenvalue weighted by atomic mass is 10.1. The first-order valence-electron chi connectivity index (χ1n) is 5.67. The lowest BCUT2D eigenvalue weighted by molar-refractivity contribution is 0.602. The Labute approximate surface area is 111 Å². The van der Waals surface area contributed by atoms with Crippen molar-refractivity contribution in [2.45, 2.75) is 6.42 Å². The highest BCUT2D eigenvalue weighted by atomic mass is 35.5. The van der Waals surface area contributed by atoms with Crippen LogP contribution in [0.2, 0.25) is 0 Å². The van der Waals surface area contributed by atoms with Gasteiger partial charge in [0.2, 0.25) is 0 Å². The van der Waals surface area contributed by atoms with Crippen molar-refractivity contribution in [3.05, 3.63) is 24.3 Å². The van der Waals surface area contributed by atoms with Gasteiger partial charge in [0.25, 0.3) is 0 Å². The van der Waals surface area contributed by atoms with E-state index in [2.05, 4.69) is 28.1 Å². The molecule has 92 valence electrons. The number of halogens is 1. The summed E-state index contributed by atoms with van der Waals surface area (Å²) in [6, 6.07) is 8.31. The summed E-state index contributed by atoms with van der Waals surface area (Å²) in [5.74, 6) is 0.645. The highest BCUT2D eigenvalue weighted by Gasteiger charge is 2.23. The van der Waals surface area contributed by atoms with Crippen LogP contribution >= 0.6 is 23.7 Å². The highest BCUT2D eigenvalue weighted by Crippen LogP contribution is 2.31. The molecule has 0 radical (unpaired) electrons. The molecule has 1 atom stereocenters. The fraction of sp³-hybridized carbons (Fsp3) is 0.417. The molecule has 1 aromatic carbocycles. The number of benzene rings is 1. The number of rotatable bonds is 2. The van der Waals surface area contributed by atoms with Crippen molar-refractivity contribution in [2.24, 2.45) is 11.7 Å². The smallest absolute Gasteiger partial charge is 0.186 e. The Balaban J connectivity index is 0.00000108. The first-order valence-corrected chi connectivity index (χ1v) is 6.49. The van der Waals surface area contributed by atoms with Gasteiger partial charge >= 0.3 is 0 Å². The van der Waals surface area contributed by atoms with E-state index in [1.807, 2.05) is 6.07 Å². The molecule has 0 spiro atoms. The Morgan fingerprint density at radius 1 is 1.41 bits per heavy atom. The van der Waals surface area contributed by atoms with Crippen LogP contribution in [0.1, 0.15) is 6.42 Å². The maximum absolute atomic E-state index is 5.71. The molecule has 0 amide bonds. The van der Waals surface area contributed by atoms with Gasteiger partial charge in [-0.15, -0.1) is 12.4 Å². The third-order valence-corrected chi connectivity index (χ3v) is 4.27. The average Bonchev–Trinajstić information content (AvgIpc) is 2.95. The maximum Gasteiger partial charge on any atom is 0.186 e. The average molecular weight is 270 g/mol. The minimum Gasteiger partial charge on any atom is -0.348 e. The molecule has 2 heterocycles. The first-order chi connectivity index (χ1) is 7.86. The van der Waals surface area contributed by atoms with Crippen LogP contribution in [0.3, 0.4) is 0 Å². The monoisotopic (exact) mass is 269 g/mol. The van der Waals surface area contributed by atoms with Crippen LogP contribution < -0.4 is 10.6 Å². The Morgan fingerprint density at radius 2 is 2.24 bits per heavy atom. The SMILES string of the molecule is Cl.NCC1CCN(c2nc3ccccc3s2)C1. The third-order valence-electron chi connectivity index (χ3n) is 3.17. The van der Waals surface area contributed by atoms with E-state index in [0.717, 1.165) is 30.3 Å².